The molecule has 9 atom stereocenters. The summed E-state index contributed by atoms with van der Waals surface area (Å²) in [5.41, 5.74) is -0.281. The van der Waals surface area contributed by atoms with Gasteiger partial charge in [0.05, 0.1) is 37.4 Å². The van der Waals surface area contributed by atoms with Crippen LogP contribution < -0.4 is 0 Å². The number of aliphatic hydroxyl groups excluding tert-OH is 1. The number of hydrogen-bond donors (Lipinski definition) is 1. The lowest BCUT2D eigenvalue weighted by Gasteiger charge is -2.49. The molecule has 2 bridgehead atoms. The predicted molar refractivity (Wildman–Crippen MR) is 109 cm³/mol. The van der Waals surface area contributed by atoms with Crippen molar-refractivity contribution in [1.82, 2.24) is 0 Å². The average Bonchev–Trinajstić information content (AvgIpc) is 2.85. The Kier molecular flexibility index (Phi) is 5.83. The molecule has 5 nitrogen and oxygen atoms in total. The van der Waals surface area contributed by atoms with Gasteiger partial charge in [0.2, 0.25) is 0 Å². The molecule has 0 aromatic carbocycles. The summed E-state index contributed by atoms with van der Waals surface area (Å²) < 4.78 is 11.1. The second kappa shape index (κ2) is 7.94. The fraction of sp³-hybridized carbons (Fsp3) is 0.917. The molecule has 0 unspecified atom stereocenters. The number of aliphatic hydroxyl groups is 1. The fourth-order valence-electron chi connectivity index (χ4n) is 7.75. The van der Waals surface area contributed by atoms with Crippen LogP contribution in [0.2, 0.25) is 0 Å². The number of methoxy groups -OCH3 is 1. The molecule has 0 radical (unpaired) electrons. The van der Waals surface area contributed by atoms with E-state index in [1.807, 2.05) is 0 Å². The van der Waals surface area contributed by atoms with Gasteiger partial charge >= 0.3 is 0 Å². The molecule has 1 N–H and O–H groups in total. The van der Waals surface area contributed by atoms with Crippen LogP contribution >= 0.6 is 0 Å². The first-order valence-corrected chi connectivity index (χ1v) is 11.5. The Labute approximate surface area is 175 Å². The Morgan fingerprint density at radius 2 is 1.93 bits per heavy atom. The first kappa shape index (κ1) is 21.3. The van der Waals surface area contributed by atoms with Gasteiger partial charge in [0, 0.05) is 19.4 Å². The number of carbonyl (C=O) groups excluding carboxylic acids is 1. The number of ether oxygens (including phenoxy) is 2. The van der Waals surface area contributed by atoms with Crippen LogP contribution in [-0.2, 0) is 14.3 Å². The molecule has 5 heteroatoms. The smallest absolute Gasteiger partial charge is 0.137 e. The molecule has 0 heterocycles. The van der Waals surface area contributed by atoms with E-state index in [1.165, 1.54) is 0 Å². The molecule has 29 heavy (non-hydrogen) atoms. The molecular weight excluding hydrogens is 366 g/mol. The van der Waals surface area contributed by atoms with E-state index in [0.29, 0.717) is 43.2 Å². The predicted octanol–water partition coefficient (Wildman–Crippen LogP) is 3.74. The highest BCUT2D eigenvalue weighted by atomic mass is 16.5. The number of carbonyl (C=O) groups is 1. The molecule has 4 rings (SSSR count). The van der Waals surface area contributed by atoms with Crippen molar-refractivity contribution in [3.8, 4) is 6.07 Å². The third-order valence-electron chi connectivity index (χ3n) is 9.45. The molecule has 4 aliphatic carbocycles. The second-order valence-corrected chi connectivity index (χ2v) is 10.8. The van der Waals surface area contributed by atoms with Gasteiger partial charge in [-0.2, -0.15) is 5.26 Å². The number of fused-ring (bicyclic) bond motifs is 6. The number of nitriles is 1. The summed E-state index contributed by atoms with van der Waals surface area (Å²) in [5.74, 6) is 1.80. The summed E-state index contributed by atoms with van der Waals surface area (Å²) >= 11 is 0. The number of hydrogen-bond acceptors (Lipinski definition) is 5. The Bertz CT molecular complexity index is 674. The largest absolute Gasteiger partial charge is 0.390 e. The van der Waals surface area contributed by atoms with Gasteiger partial charge in [-0.15, -0.1) is 0 Å². The monoisotopic (exact) mass is 403 g/mol. The number of Topliss-reactive ketones (excluding diaryl/α,β-unsaturated/α-hetero) is 1. The molecule has 0 amide bonds. The van der Waals surface area contributed by atoms with Crippen LogP contribution in [0.1, 0.15) is 65.2 Å². The van der Waals surface area contributed by atoms with E-state index in [9.17, 15) is 15.2 Å². The minimum atomic E-state index is -0.458. The van der Waals surface area contributed by atoms with E-state index in [1.54, 1.807) is 7.11 Å². The lowest BCUT2D eigenvalue weighted by Crippen LogP contribution is -2.51. The molecular formula is C24H37NO4. The summed E-state index contributed by atoms with van der Waals surface area (Å²) in [6.07, 6.45) is 6.55. The maximum absolute atomic E-state index is 13.7. The van der Waals surface area contributed by atoms with Gasteiger partial charge in [-0.3, -0.25) is 4.79 Å². The maximum atomic E-state index is 13.7. The zero-order valence-electron chi connectivity index (χ0n) is 18.2. The normalized spacial score (nSPS) is 49.5. The Morgan fingerprint density at radius 3 is 2.66 bits per heavy atom. The van der Waals surface area contributed by atoms with Crippen LogP contribution in [0.15, 0.2) is 0 Å². The topological polar surface area (TPSA) is 79.5 Å². The molecule has 4 saturated carbocycles. The highest BCUT2D eigenvalue weighted by molar-refractivity contribution is 5.83. The van der Waals surface area contributed by atoms with Gasteiger partial charge in [-0.05, 0) is 73.5 Å². The van der Waals surface area contributed by atoms with E-state index in [-0.39, 0.29) is 28.8 Å². The van der Waals surface area contributed by atoms with Crippen molar-refractivity contribution >= 4 is 5.78 Å². The summed E-state index contributed by atoms with van der Waals surface area (Å²) in [6.45, 7) is 5.49. The van der Waals surface area contributed by atoms with Gasteiger partial charge in [0.1, 0.15) is 5.78 Å². The molecule has 162 valence electrons. The third-order valence-corrected chi connectivity index (χ3v) is 9.45. The summed E-state index contributed by atoms with van der Waals surface area (Å²) in [5, 5.41) is 20.5. The van der Waals surface area contributed by atoms with Gasteiger partial charge < -0.3 is 14.6 Å². The minimum Gasteiger partial charge on any atom is -0.390 e. The summed E-state index contributed by atoms with van der Waals surface area (Å²) in [4.78, 5) is 13.7. The Morgan fingerprint density at radius 1 is 1.14 bits per heavy atom. The Balaban J connectivity index is 1.62. The average molecular weight is 404 g/mol. The van der Waals surface area contributed by atoms with Crippen molar-refractivity contribution in [3.63, 3.8) is 0 Å². The van der Waals surface area contributed by atoms with E-state index < -0.39 is 6.10 Å². The molecule has 4 aliphatic rings. The van der Waals surface area contributed by atoms with Crippen LogP contribution in [0.5, 0.6) is 0 Å². The maximum Gasteiger partial charge on any atom is 0.137 e. The molecule has 0 spiro atoms. The van der Waals surface area contributed by atoms with Crippen molar-refractivity contribution in [2.24, 2.45) is 40.4 Å². The molecule has 0 saturated heterocycles. The van der Waals surface area contributed by atoms with Crippen LogP contribution in [0.3, 0.4) is 0 Å². The van der Waals surface area contributed by atoms with Crippen molar-refractivity contribution in [2.75, 3.05) is 20.3 Å². The first-order valence-electron chi connectivity index (χ1n) is 11.5. The molecule has 0 aromatic heterocycles. The molecule has 0 aromatic rings. The quantitative estimate of drug-likeness (QED) is 0.723. The highest BCUT2D eigenvalue weighted by Crippen LogP contribution is 2.63. The third kappa shape index (κ3) is 3.46. The number of nitrogens with zero attached hydrogens (tertiary/aromatic N) is 1. The van der Waals surface area contributed by atoms with Crippen LogP contribution in [0, 0.1) is 51.8 Å². The van der Waals surface area contributed by atoms with Gasteiger partial charge in [-0.25, -0.2) is 0 Å². The highest BCUT2D eigenvalue weighted by Gasteiger charge is 2.59. The summed E-state index contributed by atoms with van der Waals surface area (Å²) in [7, 11) is 1.65. The second-order valence-electron chi connectivity index (χ2n) is 10.8. The van der Waals surface area contributed by atoms with Crippen molar-refractivity contribution in [3.05, 3.63) is 0 Å². The Hall–Kier alpha value is -0.960. The van der Waals surface area contributed by atoms with Gasteiger partial charge in [0.25, 0.3) is 0 Å². The summed E-state index contributed by atoms with van der Waals surface area (Å²) in [6, 6.07) is 2.54. The lowest BCUT2D eigenvalue weighted by molar-refractivity contribution is -0.148. The lowest BCUT2D eigenvalue weighted by atomic mass is 9.57. The van der Waals surface area contributed by atoms with E-state index in [4.69, 9.17) is 9.47 Å². The van der Waals surface area contributed by atoms with E-state index >= 15 is 0 Å². The van der Waals surface area contributed by atoms with E-state index in [0.717, 1.165) is 44.9 Å². The zero-order valence-corrected chi connectivity index (χ0v) is 18.2. The van der Waals surface area contributed by atoms with E-state index in [2.05, 4.69) is 19.9 Å². The van der Waals surface area contributed by atoms with Crippen LogP contribution in [-0.4, -0.2) is 43.4 Å². The number of rotatable bonds is 4. The van der Waals surface area contributed by atoms with Gasteiger partial charge in [-0.1, -0.05) is 13.8 Å². The van der Waals surface area contributed by atoms with Crippen molar-refractivity contribution in [2.45, 2.75) is 77.4 Å². The fourth-order valence-corrected chi connectivity index (χ4v) is 7.75. The number of ketones is 1. The standard InChI is InChI=1S/C24H37NO4/c1-23-12-21(27)19-10-15(18(23)7-6-17(23)14-25)4-5-16-11-20(26)22(13-24(16,19)2)29-9-8-28-3/h15-20,22,26H,4-13H2,1-3H3/t15-,16+,17-,18+,19-,20+,22+,23-,24+/m1/s1. The van der Waals surface area contributed by atoms with Crippen LogP contribution in [0.25, 0.3) is 0 Å². The zero-order chi connectivity index (χ0) is 20.8. The van der Waals surface area contributed by atoms with Crippen molar-refractivity contribution < 1.29 is 19.4 Å². The van der Waals surface area contributed by atoms with Crippen molar-refractivity contribution in [1.29, 1.82) is 5.26 Å². The molecule has 0 aliphatic heterocycles. The van der Waals surface area contributed by atoms with Crippen LogP contribution in [0.4, 0.5) is 0 Å². The van der Waals surface area contributed by atoms with Gasteiger partial charge in [0.15, 0.2) is 0 Å². The SMILES string of the molecule is COCCO[C@H]1C[C@@]2(C)[C@@H](CC[C@@H]3C[C@@H]2C(=O)C[C@]2(C)[C@@H](C#N)CC[C@@H]32)C[C@@H]1O. The first-order chi connectivity index (χ1) is 13.8. The molecule has 4 fully saturated rings. The minimum absolute atomic E-state index is 0.0130.